The zero-order valence-corrected chi connectivity index (χ0v) is 20.1. The van der Waals surface area contributed by atoms with Gasteiger partial charge < -0.3 is 10.6 Å². The molecule has 0 radical (unpaired) electrons. The van der Waals surface area contributed by atoms with Gasteiger partial charge in [-0.25, -0.2) is 4.79 Å². The van der Waals surface area contributed by atoms with Crippen LogP contribution in [-0.4, -0.2) is 11.7 Å². The summed E-state index contributed by atoms with van der Waals surface area (Å²) < 4.78 is 0. The van der Waals surface area contributed by atoms with Crippen molar-refractivity contribution >= 4 is 17.4 Å². The molecule has 0 aliphatic rings. The van der Waals surface area contributed by atoms with E-state index in [1.54, 1.807) is 0 Å². The molecule has 0 fully saturated rings. The van der Waals surface area contributed by atoms with Crippen molar-refractivity contribution in [3.8, 4) is 0 Å². The molecule has 0 aromatic heterocycles. The lowest BCUT2D eigenvalue weighted by Crippen LogP contribution is -2.28. The standard InChI is InChI=1S/C29H34N2O2/c1-5-17-29(18-6-2,25-14-10-15-26(30)20-25)24-13-9-12-23(19-24)28(31-33-22(4)32)27-16-8-7-11-21(27)3/h7-16,19-20H,5-6,17-18,30H2,1-4H3/b31-28+. The summed E-state index contributed by atoms with van der Waals surface area (Å²) in [5, 5.41) is 4.27. The number of nitrogen functional groups attached to an aromatic ring is 1. The van der Waals surface area contributed by atoms with Crippen LogP contribution in [0.15, 0.2) is 78.0 Å². The lowest BCUT2D eigenvalue weighted by atomic mass is 9.68. The van der Waals surface area contributed by atoms with E-state index in [4.69, 9.17) is 10.6 Å². The lowest BCUT2D eigenvalue weighted by Gasteiger charge is -2.35. The van der Waals surface area contributed by atoms with Crippen LogP contribution in [0.4, 0.5) is 5.69 Å². The fourth-order valence-corrected chi connectivity index (χ4v) is 4.73. The Kier molecular flexibility index (Phi) is 8.05. The first-order valence-electron chi connectivity index (χ1n) is 11.7. The lowest BCUT2D eigenvalue weighted by molar-refractivity contribution is -0.140. The Bertz CT molecular complexity index is 1130. The Hall–Kier alpha value is -3.40. The SMILES string of the molecule is CCCC(CCC)(c1cccc(N)c1)c1cccc(/C(=N\OC(C)=O)c2ccccc2C)c1. The Labute approximate surface area is 197 Å². The van der Waals surface area contributed by atoms with Crippen LogP contribution in [-0.2, 0) is 15.0 Å². The fourth-order valence-electron chi connectivity index (χ4n) is 4.73. The smallest absolute Gasteiger partial charge is 0.332 e. The van der Waals surface area contributed by atoms with Crippen molar-refractivity contribution in [2.24, 2.45) is 5.16 Å². The molecule has 0 saturated carbocycles. The summed E-state index contributed by atoms with van der Waals surface area (Å²) >= 11 is 0. The van der Waals surface area contributed by atoms with Gasteiger partial charge in [0.25, 0.3) is 0 Å². The molecular formula is C29H34N2O2. The first-order chi connectivity index (χ1) is 15.9. The maximum Gasteiger partial charge on any atom is 0.332 e. The van der Waals surface area contributed by atoms with Crippen LogP contribution in [0.1, 0.15) is 74.3 Å². The highest BCUT2D eigenvalue weighted by atomic mass is 16.7. The van der Waals surface area contributed by atoms with Crippen LogP contribution >= 0.6 is 0 Å². The van der Waals surface area contributed by atoms with E-state index < -0.39 is 5.97 Å². The van der Waals surface area contributed by atoms with Crippen molar-refractivity contribution in [3.05, 3.63) is 101 Å². The number of aryl methyl sites for hydroxylation is 1. The summed E-state index contributed by atoms with van der Waals surface area (Å²) in [5.41, 5.74) is 12.8. The maximum absolute atomic E-state index is 11.6. The van der Waals surface area contributed by atoms with Crippen molar-refractivity contribution in [2.75, 3.05) is 5.73 Å². The molecule has 0 atom stereocenters. The molecule has 0 bridgehead atoms. The molecule has 33 heavy (non-hydrogen) atoms. The van der Waals surface area contributed by atoms with Crippen LogP contribution < -0.4 is 5.73 Å². The highest BCUT2D eigenvalue weighted by Gasteiger charge is 2.33. The quantitative estimate of drug-likeness (QED) is 0.172. The number of carbonyl (C=O) groups excluding carboxylic acids is 1. The number of hydrogen-bond donors (Lipinski definition) is 1. The first-order valence-corrected chi connectivity index (χ1v) is 11.7. The Morgan fingerprint density at radius 2 is 1.55 bits per heavy atom. The molecule has 0 spiro atoms. The average molecular weight is 443 g/mol. The number of nitrogens with two attached hydrogens (primary N) is 1. The number of rotatable bonds is 9. The summed E-state index contributed by atoms with van der Waals surface area (Å²) in [6, 6.07) is 24.8. The van der Waals surface area contributed by atoms with E-state index >= 15 is 0 Å². The second kappa shape index (κ2) is 11.0. The van der Waals surface area contributed by atoms with Crippen LogP contribution in [0.25, 0.3) is 0 Å². The highest BCUT2D eigenvalue weighted by molar-refractivity contribution is 6.13. The highest BCUT2D eigenvalue weighted by Crippen LogP contribution is 2.42. The molecule has 3 aromatic rings. The van der Waals surface area contributed by atoms with Gasteiger partial charge in [-0.15, -0.1) is 0 Å². The zero-order chi connectivity index (χ0) is 23.8. The molecule has 172 valence electrons. The number of carbonyl (C=O) groups is 1. The summed E-state index contributed by atoms with van der Waals surface area (Å²) in [6.07, 6.45) is 4.11. The van der Waals surface area contributed by atoms with Gasteiger partial charge in [-0.1, -0.05) is 86.4 Å². The number of oxime groups is 1. The zero-order valence-electron chi connectivity index (χ0n) is 20.1. The van der Waals surface area contributed by atoms with Crippen LogP contribution in [0, 0.1) is 6.92 Å². The molecule has 0 amide bonds. The molecule has 3 aromatic carbocycles. The Morgan fingerprint density at radius 3 is 2.15 bits per heavy atom. The third-order valence-corrected chi connectivity index (χ3v) is 6.15. The first kappa shape index (κ1) is 24.2. The maximum atomic E-state index is 11.6. The number of benzene rings is 3. The summed E-state index contributed by atoms with van der Waals surface area (Å²) in [5.74, 6) is -0.441. The van der Waals surface area contributed by atoms with Gasteiger partial charge in [-0.3, -0.25) is 0 Å². The molecule has 0 heterocycles. The van der Waals surface area contributed by atoms with E-state index in [1.165, 1.54) is 18.1 Å². The van der Waals surface area contributed by atoms with Crippen molar-refractivity contribution in [2.45, 2.75) is 58.8 Å². The molecule has 2 N–H and O–H groups in total. The van der Waals surface area contributed by atoms with E-state index in [1.807, 2.05) is 49.4 Å². The fraction of sp³-hybridized carbons (Fsp3) is 0.310. The predicted octanol–water partition coefficient (Wildman–Crippen LogP) is 6.78. The topological polar surface area (TPSA) is 64.7 Å². The van der Waals surface area contributed by atoms with Gasteiger partial charge in [0.05, 0.1) is 0 Å². The molecule has 0 saturated heterocycles. The molecule has 4 heteroatoms. The third kappa shape index (κ3) is 5.51. The van der Waals surface area contributed by atoms with Crippen LogP contribution in [0.5, 0.6) is 0 Å². The summed E-state index contributed by atoms with van der Waals surface area (Å²) in [7, 11) is 0. The van der Waals surface area contributed by atoms with Crippen LogP contribution in [0.3, 0.4) is 0 Å². The van der Waals surface area contributed by atoms with Crippen molar-refractivity contribution < 1.29 is 9.63 Å². The van der Waals surface area contributed by atoms with E-state index in [9.17, 15) is 4.79 Å². The predicted molar refractivity (Wildman–Crippen MR) is 136 cm³/mol. The molecule has 0 aliphatic heterocycles. The molecular weight excluding hydrogens is 408 g/mol. The van der Waals surface area contributed by atoms with Crippen molar-refractivity contribution in [1.82, 2.24) is 0 Å². The van der Waals surface area contributed by atoms with E-state index in [-0.39, 0.29) is 5.41 Å². The monoisotopic (exact) mass is 442 g/mol. The molecule has 0 aliphatic carbocycles. The van der Waals surface area contributed by atoms with Gasteiger partial charge in [-0.2, -0.15) is 0 Å². The van der Waals surface area contributed by atoms with Gasteiger partial charge in [0.15, 0.2) is 0 Å². The molecule has 0 unspecified atom stereocenters. The van der Waals surface area contributed by atoms with Gasteiger partial charge >= 0.3 is 5.97 Å². The van der Waals surface area contributed by atoms with Gasteiger partial charge in [0, 0.05) is 29.2 Å². The molecule has 3 rings (SSSR count). The average Bonchev–Trinajstić information content (AvgIpc) is 2.80. The van der Waals surface area contributed by atoms with Crippen molar-refractivity contribution in [3.63, 3.8) is 0 Å². The second-order valence-corrected chi connectivity index (χ2v) is 8.63. The summed E-state index contributed by atoms with van der Waals surface area (Å²) in [6.45, 7) is 7.85. The molecule has 4 nitrogen and oxygen atoms in total. The summed E-state index contributed by atoms with van der Waals surface area (Å²) in [4.78, 5) is 16.7. The van der Waals surface area contributed by atoms with E-state index in [0.29, 0.717) is 5.71 Å². The number of hydrogen-bond acceptors (Lipinski definition) is 4. The number of anilines is 1. The third-order valence-electron chi connectivity index (χ3n) is 6.15. The van der Waals surface area contributed by atoms with Crippen molar-refractivity contribution in [1.29, 1.82) is 0 Å². The Balaban J connectivity index is 2.21. The van der Waals surface area contributed by atoms with Gasteiger partial charge in [-0.05, 0) is 54.7 Å². The number of nitrogens with zero attached hydrogens (tertiary/aromatic N) is 1. The minimum atomic E-state index is -0.441. The van der Waals surface area contributed by atoms with E-state index in [0.717, 1.165) is 48.1 Å². The van der Waals surface area contributed by atoms with E-state index in [2.05, 4.69) is 49.3 Å². The van der Waals surface area contributed by atoms with Gasteiger partial charge in [0.1, 0.15) is 5.71 Å². The van der Waals surface area contributed by atoms with Gasteiger partial charge in [0.2, 0.25) is 0 Å². The minimum Gasteiger partial charge on any atom is -0.399 e. The van der Waals surface area contributed by atoms with Crippen LogP contribution in [0.2, 0.25) is 0 Å². The normalized spacial score (nSPS) is 11.9. The minimum absolute atomic E-state index is 0.160. The largest absolute Gasteiger partial charge is 0.399 e. The Morgan fingerprint density at radius 1 is 0.909 bits per heavy atom. The second-order valence-electron chi connectivity index (χ2n) is 8.63.